The lowest BCUT2D eigenvalue weighted by Gasteiger charge is -2.19. The van der Waals surface area contributed by atoms with Gasteiger partial charge in [-0.05, 0) is 38.0 Å². The third-order valence-corrected chi connectivity index (χ3v) is 5.82. The van der Waals surface area contributed by atoms with E-state index in [9.17, 15) is 17.6 Å². The van der Waals surface area contributed by atoms with Crippen LogP contribution in [0.3, 0.4) is 0 Å². The Morgan fingerprint density at radius 3 is 2.68 bits per heavy atom. The summed E-state index contributed by atoms with van der Waals surface area (Å²) in [4.78, 5) is 13.3. The molecule has 7 nitrogen and oxygen atoms in total. The number of alkyl halides is 4. The molecular weight excluding hydrogens is 414 g/mol. The Hall–Kier alpha value is -3.24. The number of pyridine rings is 1. The number of aryl methyl sites for hydroxylation is 2. The van der Waals surface area contributed by atoms with Gasteiger partial charge >= 0.3 is 6.18 Å². The molecule has 0 unspecified atom stereocenters. The van der Waals surface area contributed by atoms with Gasteiger partial charge in [-0.25, -0.2) is 23.9 Å². The van der Waals surface area contributed by atoms with Gasteiger partial charge in [0.25, 0.3) is 0 Å². The van der Waals surface area contributed by atoms with Crippen LogP contribution in [-0.4, -0.2) is 48.5 Å². The number of hydrogen-bond acceptors (Lipinski definition) is 5. The number of fused-ring (bicyclic) bond motifs is 2. The fraction of sp³-hybridized carbons (Fsp3) is 0.400. The molecule has 1 fully saturated rings. The predicted octanol–water partition coefficient (Wildman–Crippen LogP) is 4.17. The van der Waals surface area contributed by atoms with Gasteiger partial charge in [0.1, 0.15) is 18.0 Å². The van der Waals surface area contributed by atoms with Crippen LogP contribution < -0.4 is 5.32 Å². The number of halogens is 4. The van der Waals surface area contributed by atoms with E-state index in [1.54, 1.807) is 28.4 Å². The minimum absolute atomic E-state index is 0.117. The van der Waals surface area contributed by atoms with Crippen molar-refractivity contribution >= 4 is 22.6 Å². The average Bonchev–Trinajstić information content (AvgIpc) is 3.34. The molecule has 0 radical (unpaired) electrons. The van der Waals surface area contributed by atoms with Crippen LogP contribution in [-0.2, 0) is 6.54 Å². The molecule has 5 rings (SSSR count). The summed E-state index contributed by atoms with van der Waals surface area (Å²) < 4.78 is 55.5. The van der Waals surface area contributed by atoms with Crippen LogP contribution in [0.5, 0.6) is 0 Å². The van der Waals surface area contributed by atoms with Crippen molar-refractivity contribution in [2.75, 3.05) is 18.5 Å². The molecule has 0 saturated heterocycles. The molecule has 0 aliphatic heterocycles. The van der Waals surface area contributed by atoms with E-state index in [4.69, 9.17) is 0 Å². The van der Waals surface area contributed by atoms with Gasteiger partial charge in [-0.2, -0.15) is 13.2 Å². The van der Waals surface area contributed by atoms with Crippen molar-refractivity contribution in [3.63, 3.8) is 0 Å². The van der Waals surface area contributed by atoms with Crippen molar-refractivity contribution in [2.24, 2.45) is 5.41 Å². The number of rotatable bonds is 6. The lowest BCUT2D eigenvalue weighted by Crippen LogP contribution is -2.32. The Morgan fingerprint density at radius 2 is 1.97 bits per heavy atom. The molecule has 1 saturated carbocycles. The molecule has 162 valence electrons. The summed E-state index contributed by atoms with van der Waals surface area (Å²) in [5.41, 5.74) is 1.66. The van der Waals surface area contributed by atoms with E-state index in [2.05, 4.69) is 25.4 Å². The van der Waals surface area contributed by atoms with Crippen molar-refractivity contribution in [3.05, 3.63) is 36.4 Å². The number of imidazole rings is 1. The Balaban J connectivity index is 1.44. The van der Waals surface area contributed by atoms with E-state index in [-0.39, 0.29) is 31.9 Å². The first-order valence-corrected chi connectivity index (χ1v) is 9.86. The third kappa shape index (κ3) is 3.28. The van der Waals surface area contributed by atoms with E-state index in [1.807, 2.05) is 18.2 Å². The average molecular weight is 433 g/mol. The van der Waals surface area contributed by atoms with Gasteiger partial charge < -0.3 is 9.88 Å². The van der Waals surface area contributed by atoms with Crippen LogP contribution in [0, 0.1) is 12.3 Å². The zero-order chi connectivity index (χ0) is 21.8. The number of hydrogen-bond donors (Lipinski definition) is 1. The quantitative estimate of drug-likeness (QED) is 0.462. The molecule has 1 N–H and O–H groups in total. The van der Waals surface area contributed by atoms with Gasteiger partial charge in [0, 0.05) is 18.3 Å². The third-order valence-electron chi connectivity index (χ3n) is 5.82. The van der Waals surface area contributed by atoms with E-state index < -0.39 is 18.3 Å². The van der Waals surface area contributed by atoms with E-state index in [0.29, 0.717) is 28.2 Å². The van der Waals surface area contributed by atoms with Crippen molar-refractivity contribution in [1.29, 1.82) is 0 Å². The molecule has 0 spiro atoms. The lowest BCUT2D eigenvalue weighted by atomic mass is 10.1. The second-order valence-corrected chi connectivity index (χ2v) is 7.81. The first kappa shape index (κ1) is 19.7. The van der Waals surface area contributed by atoms with Crippen LogP contribution in [0.1, 0.15) is 18.7 Å². The fourth-order valence-electron chi connectivity index (χ4n) is 3.77. The maximum Gasteiger partial charge on any atom is 0.396 e. The molecule has 0 amide bonds. The Kier molecular flexibility index (Phi) is 4.38. The zero-order valence-electron chi connectivity index (χ0n) is 16.6. The first-order valence-electron chi connectivity index (χ1n) is 9.86. The Labute approximate surface area is 174 Å². The van der Waals surface area contributed by atoms with Crippen LogP contribution in [0.4, 0.5) is 23.5 Å². The topological polar surface area (TPSA) is 72.9 Å². The van der Waals surface area contributed by atoms with Gasteiger partial charge in [-0.1, -0.05) is 0 Å². The summed E-state index contributed by atoms with van der Waals surface area (Å²) in [6, 6.07) is 5.45. The van der Waals surface area contributed by atoms with Crippen molar-refractivity contribution in [2.45, 2.75) is 32.5 Å². The molecule has 4 aromatic heterocycles. The molecule has 31 heavy (non-hydrogen) atoms. The number of nitrogens with one attached hydrogen (secondary N) is 1. The maximum absolute atomic E-state index is 13.1. The predicted molar refractivity (Wildman–Crippen MR) is 106 cm³/mol. The van der Waals surface area contributed by atoms with Gasteiger partial charge in [-0.15, -0.1) is 5.10 Å². The highest BCUT2D eigenvalue weighted by molar-refractivity contribution is 5.82. The van der Waals surface area contributed by atoms with Gasteiger partial charge in [0.2, 0.25) is 5.95 Å². The molecular formula is C20H19F4N7. The summed E-state index contributed by atoms with van der Waals surface area (Å²) in [5, 5.41) is 7.00. The van der Waals surface area contributed by atoms with Crippen LogP contribution in [0.15, 0.2) is 30.6 Å². The molecule has 0 bridgehead atoms. The highest BCUT2D eigenvalue weighted by Crippen LogP contribution is 2.57. The van der Waals surface area contributed by atoms with Crippen LogP contribution in [0.2, 0.25) is 0 Å². The Morgan fingerprint density at radius 1 is 1.16 bits per heavy atom. The van der Waals surface area contributed by atoms with Crippen molar-refractivity contribution in [1.82, 2.24) is 29.1 Å². The number of aromatic nitrogens is 6. The number of anilines is 1. The summed E-state index contributed by atoms with van der Waals surface area (Å²) in [6.07, 6.45) is -0.752. The minimum atomic E-state index is -4.23. The normalized spacial score (nSPS) is 15.6. The second-order valence-electron chi connectivity index (χ2n) is 7.81. The molecule has 1 aliphatic carbocycles. The summed E-state index contributed by atoms with van der Waals surface area (Å²) in [6.45, 7) is 1.21. The molecule has 4 heterocycles. The fourth-order valence-corrected chi connectivity index (χ4v) is 3.77. The molecule has 11 heteroatoms. The summed E-state index contributed by atoms with van der Waals surface area (Å²) >= 11 is 0. The standard InChI is InChI=1S/C20H19F4N7/c1-12-27-15-3-2-14(28-17(15)30(12)9-7-21)13-4-8-31-16(13)10-25-18(29-31)26-11-19(5-6-19)20(22,23)24/h2-4,8,10H,5-7,9,11H2,1H3,(H,26,29). The van der Waals surface area contributed by atoms with Gasteiger partial charge in [-0.3, -0.25) is 0 Å². The largest absolute Gasteiger partial charge is 0.396 e. The number of nitrogens with zero attached hydrogens (tertiary/aromatic N) is 6. The second kappa shape index (κ2) is 6.89. The first-order chi connectivity index (χ1) is 14.8. The molecule has 4 aromatic rings. The zero-order valence-corrected chi connectivity index (χ0v) is 16.6. The SMILES string of the molecule is Cc1nc2ccc(-c3ccn4nc(NCC5(C(F)(F)F)CC5)ncc34)nc2n1CCF. The monoisotopic (exact) mass is 433 g/mol. The molecule has 1 aliphatic rings. The minimum Gasteiger partial charge on any atom is -0.352 e. The maximum atomic E-state index is 13.1. The van der Waals surface area contributed by atoms with Crippen LogP contribution >= 0.6 is 0 Å². The lowest BCUT2D eigenvalue weighted by molar-refractivity contribution is -0.182. The summed E-state index contributed by atoms with van der Waals surface area (Å²) in [7, 11) is 0. The van der Waals surface area contributed by atoms with Crippen molar-refractivity contribution in [3.8, 4) is 11.3 Å². The molecule has 0 aromatic carbocycles. The van der Waals surface area contributed by atoms with E-state index in [1.165, 1.54) is 0 Å². The van der Waals surface area contributed by atoms with Gasteiger partial charge in [0.05, 0.1) is 29.4 Å². The summed E-state index contributed by atoms with van der Waals surface area (Å²) in [5.74, 6) is 0.815. The van der Waals surface area contributed by atoms with E-state index >= 15 is 0 Å². The van der Waals surface area contributed by atoms with Gasteiger partial charge in [0.15, 0.2) is 5.65 Å². The smallest absolute Gasteiger partial charge is 0.352 e. The molecule has 0 atom stereocenters. The Bertz CT molecular complexity index is 1270. The highest BCUT2D eigenvalue weighted by atomic mass is 19.4. The van der Waals surface area contributed by atoms with Crippen LogP contribution in [0.25, 0.3) is 27.9 Å². The van der Waals surface area contributed by atoms with E-state index in [0.717, 1.165) is 5.56 Å². The van der Waals surface area contributed by atoms with Crippen molar-refractivity contribution < 1.29 is 17.6 Å². The highest BCUT2D eigenvalue weighted by Gasteiger charge is 2.62.